The third kappa shape index (κ3) is 6.68. The Morgan fingerprint density at radius 3 is 2.52 bits per heavy atom. The quantitative estimate of drug-likeness (QED) is 0.818. The standard InChI is InChI=1S/C17H34N2O2/c1-13(2)15-7-6-9-19(10-8-15)16(21)18-12-17(4,5)11-14(3)20/h13-15,20H,6-12H2,1-5H3,(H,18,21). The molecule has 4 heteroatoms. The highest BCUT2D eigenvalue weighted by Gasteiger charge is 2.25. The molecule has 1 fully saturated rings. The first-order valence-corrected chi connectivity index (χ1v) is 8.42. The van der Waals surface area contributed by atoms with E-state index in [0.717, 1.165) is 31.8 Å². The Morgan fingerprint density at radius 2 is 1.95 bits per heavy atom. The second kappa shape index (κ2) is 8.02. The summed E-state index contributed by atoms with van der Waals surface area (Å²) in [4.78, 5) is 14.3. The molecule has 1 saturated heterocycles. The van der Waals surface area contributed by atoms with Gasteiger partial charge in [-0.15, -0.1) is 0 Å². The number of rotatable bonds is 5. The first-order valence-electron chi connectivity index (χ1n) is 8.42. The number of nitrogens with zero attached hydrogens (tertiary/aromatic N) is 1. The van der Waals surface area contributed by atoms with E-state index in [0.29, 0.717) is 18.9 Å². The van der Waals surface area contributed by atoms with Crippen molar-refractivity contribution in [1.29, 1.82) is 0 Å². The van der Waals surface area contributed by atoms with Crippen molar-refractivity contribution in [2.45, 2.75) is 66.4 Å². The van der Waals surface area contributed by atoms with E-state index >= 15 is 0 Å². The number of hydrogen-bond acceptors (Lipinski definition) is 2. The van der Waals surface area contributed by atoms with Crippen LogP contribution in [0.25, 0.3) is 0 Å². The number of carbonyl (C=O) groups excluding carboxylic acids is 1. The first kappa shape index (κ1) is 18.3. The summed E-state index contributed by atoms with van der Waals surface area (Å²) in [7, 11) is 0. The number of aliphatic hydroxyl groups excluding tert-OH is 1. The van der Waals surface area contributed by atoms with Crippen molar-refractivity contribution in [1.82, 2.24) is 10.2 Å². The predicted octanol–water partition coefficient (Wildman–Crippen LogP) is 3.25. The van der Waals surface area contributed by atoms with E-state index in [4.69, 9.17) is 0 Å². The van der Waals surface area contributed by atoms with Crippen molar-refractivity contribution in [3.05, 3.63) is 0 Å². The summed E-state index contributed by atoms with van der Waals surface area (Å²) in [5.74, 6) is 1.45. The fourth-order valence-electron chi connectivity index (χ4n) is 3.29. The van der Waals surface area contributed by atoms with Crippen LogP contribution in [0.3, 0.4) is 0 Å². The van der Waals surface area contributed by atoms with Crippen molar-refractivity contribution in [3.8, 4) is 0 Å². The van der Waals surface area contributed by atoms with E-state index < -0.39 is 0 Å². The molecule has 1 rings (SSSR count). The zero-order chi connectivity index (χ0) is 16.0. The van der Waals surface area contributed by atoms with Crippen LogP contribution in [0.2, 0.25) is 0 Å². The smallest absolute Gasteiger partial charge is 0.317 e. The van der Waals surface area contributed by atoms with E-state index in [1.165, 1.54) is 6.42 Å². The summed E-state index contributed by atoms with van der Waals surface area (Å²) in [6.45, 7) is 12.9. The Labute approximate surface area is 130 Å². The normalized spacial score (nSPS) is 22.0. The monoisotopic (exact) mass is 298 g/mol. The molecule has 1 aliphatic rings. The maximum Gasteiger partial charge on any atom is 0.317 e. The van der Waals surface area contributed by atoms with Crippen LogP contribution in [-0.4, -0.2) is 41.8 Å². The summed E-state index contributed by atoms with van der Waals surface area (Å²) in [6, 6.07) is 0.0538. The molecule has 2 atom stereocenters. The maximum atomic E-state index is 12.3. The minimum Gasteiger partial charge on any atom is -0.393 e. The second-order valence-corrected chi connectivity index (χ2v) is 7.80. The number of aliphatic hydroxyl groups is 1. The van der Waals surface area contributed by atoms with Crippen LogP contribution in [0, 0.1) is 17.3 Å². The van der Waals surface area contributed by atoms with Gasteiger partial charge in [-0.3, -0.25) is 0 Å². The van der Waals surface area contributed by atoms with Gasteiger partial charge in [-0.1, -0.05) is 27.7 Å². The molecule has 0 saturated carbocycles. The predicted molar refractivity (Wildman–Crippen MR) is 87.2 cm³/mol. The number of nitrogens with one attached hydrogen (secondary N) is 1. The maximum absolute atomic E-state index is 12.3. The summed E-state index contributed by atoms with van der Waals surface area (Å²) in [6.07, 6.45) is 3.81. The molecule has 4 nitrogen and oxygen atoms in total. The Bertz CT molecular complexity index is 327. The third-order valence-electron chi connectivity index (χ3n) is 4.57. The van der Waals surface area contributed by atoms with Crippen LogP contribution < -0.4 is 5.32 Å². The third-order valence-corrected chi connectivity index (χ3v) is 4.57. The fraction of sp³-hybridized carbons (Fsp3) is 0.941. The molecular formula is C17H34N2O2. The van der Waals surface area contributed by atoms with Gasteiger partial charge in [-0.25, -0.2) is 4.79 Å². The van der Waals surface area contributed by atoms with Gasteiger partial charge in [-0.2, -0.15) is 0 Å². The van der Waals surface area contributed by atoms with Gasteiger partial charge < -0.3 is 15.3 Å². The summed E-state index contributed by atoms with van der Waals surface area (Å²) >= 11 is 0. The molecule has 0 spiro atoms. The zero-order valence-corrected chi connectivity index (χ0v) is 14.5. The lowest BCUT2D eigenvalue weighted by atomic mass is 9.87. The van der Waals surface area contributed by atoms with Gasteiger partial charge in [0.15, 0.2) is 0 Å². The minimum atomic E-state index is -0.332. The molecular weight excluding hydrogens is 264 g/mol. The molecule has 0 aromatic rings. The van der Waals surface area contributed by atoms with E-state index in [1.807, 2.05) is 4.90 Å². The Kier molecular flexibility index (Phi) is 6.98. The van der Waals surface area contributed by atoms with E-state index in [1.54, 1.807) is 6.92 Å². The van der Waals surface area contributed by atoms with Crippen LogP contribution in [0.15, 0.2) is 0 Å². The molecule has 0 radical (unpaired) electrons. The van der Waals surface area contributed by atoms with E-state index in [9.17, 15) is 9.90 Å². The van der Waals surface area contributed by atoms with Gasteiger partial charge in [-0.05, 0) is 49.9 Å². The molecule has 0 bridgehead atoms. The van der Waals surface area contributed by atoms with Crippen molar-refractivity contribution < 1.29 is 9.90 Å². The number of urea groups is 1. The van der Waals surface area contributed by atoms with Crippen molar-refractivity contribution in [2.24, 2.45) is 17.3 Å². The van der Waals surface area contributed by atoms with Gasteiger partial charge in [0.2, 0.25) is 0 Å². The molecule has 1 aliphatic heterocycles. The second-order valence-electron chi connectivity index (χ2n) is 7.80. The first-order chi connectivity index (χ1) is 9.71. The van der Waals surface area contributed by atoms with Gasteiger partial charge in [0.25, 0.3) is 0 Å². The van der Waals surface area contributed by atoms with Gasteiger partial charge in [0.1, 0.15) is 0 Å². The largest absolute Gasteiger partial charge is 0.393 e. The summed E-state index contributed by atoms with van der Waals surface area (Å²) in [5.41, 5.74) is -0.0733. The lowest BCUT2D eigenvalue weighted by molar-refractivity contribution is 0.126. The lowest BCUT2D eigenvalue weighted by Gasteiger charge is -2.29. The van der Waals surface area contributed by atoms with E-state index in [-0.39, 0.29) is 17.6 Å². The molecule has 1 heterocycles. The van der Waals surface area contributed by atoms with Crippen molar-refractivity contribution >= 4 is 6.03 Å². The Balaban J connectivity index is 2.42. The van der Waals surface area contributed by atoms with E-state index in [2.05, 4.69) is 33.0 Å². The van der Waals surface area contributed by atoms with Crippen molar-refractivity contribution in [2.75, 3.05) is 19.6 Å². The van der Waals surface area contributed by atoms with Crippen LogP contribution in [0.1, 0.15) is 60.3 Å². The van der Waals surface area contributed by atoms with Gasteiger partial charge in [0, 0.05) is 19.6 Å². The van der Waals surface area contributed by atoms with Crippen LogP contribution >= 0.6 is 0 Å². The SMILES string of the molecule is CC(O)CC(C)(C)CNC(=O)N1CCCC(C(C)C)CC1. The molecule has 2 N–H and O–H groups in total. The number of hydrogen-bond donors (Lipinski definition) is 2. The van der Waals surface area contributed by atoms with Gasteiger partial charge in [0.05, 0.1) is 6.10 Å². The molecule has 2 unspecified atom stereocenters. The highest BCUT2D eigenvalue weighted by molar-refractivity contribution is 5.74. The molecule has 2 amide bonds. The molecule has 0 aromatic heterocycles. The average molecular weight is 298 g/mol. The minimum absolute atomic E-state index is 0.0538. The number of likely N-dealkylation sites (tertiary alicyclic amines) is 1. The van der Waals surface area contributed by atoms with Crippen LogP contribution in [0.4, 0.5) is 4.79 Å². The Hall–Kier alpha value is -0.770. The molecule has 0 aromatic carbocycles. The average Bonchev–Trinajstić information content (AvgIpc) is 2.60. The highest BCUT2D eigenvalue weighted by Crippen LogP contribution is 2.25. The molecule has 124 valence electrons. The van der Waals surface area contributed by atoms with Crippen LogP contribution in [0.5, 0.6) is 0 Å². The Morgan fingerprint density at radius 1 is 1.29 bits per heavy atom. The number of carbonyl (C=O) groups is 1. The zero-order valence-electron chi connectivity index (χ0n) is 14.5. The fourth-order valence-corrected chi connectivity index (χ4v) is 3.29. The molecule has 21 heavy (non-hydrogen) atoms. The van der Waals surface area contributed by atoms with Gasteiger partial charge >= 0.3 is 6.03 Å². The topological polar surface area (TPSA) is 52.6 Å². The number of amides is 2. The molecule has 0 aliphatic carbocycles. The van der Waals surface area contributed by atoms with Crippen LogP contribution in [-0.2, 0) is 0 Å². The summed E-state index contributed by atoms with van der Waals surface area (Å²) in [5, 5.41) is 12.5. The highest BCUT2D eigenvalue weighted by atomic mass is 16.3. The van der Waals surface area contributed by atoms with Crippen molar-refractivity contribution in [3.63, 3.8) is 0 Å². The summed E-state index contributed by atoms with van der Waals surface area (Å²) < 4.78 is 0. The lowest BCUT2D eigenvalue weighted by Crippen LogP contribution is -2.44.